The molecule has 2 unspecified atom stereocenters. The molecule has 0 aromatic heterocycles. The van der Waals surface area contributed by atoms with Crippen LogP contribution in [-0.2, 0) is 20.9 Å². The van der Waals surface area contributed by atoms with Gasteiger partial charge in [-0.25, -0.2) is 4.79 Å². The summed E-state index contributed by atoms with van der Waals surface area (Å²) in [6.45, 7) is 0.344. The highest BCUT2D eigenvalue weighted by atomic mass is 16.6. The second-order valence-corrected chi connectivity index (χ2v) is 6.97. The van der Waals surface area contributed by atoms with E-state index in [1.54, 1.807) is 6.07 Å². The molecule has 136 valence electrons. The Labute approximate surface area is 148 Å². The zero-order chi connectivity index (χ0) is 17.6. The van der Waals surface area contributed by atoms with Crippen molar-refractivity contribution in [3.8, 4) is 5.75 Å². The van der Waals surface area contributed by atoms with E-state index in [4.69, 9.17) is 4.74 Å². The van der Waals surface area contributed by atoms with Gasteiger partial charge in [-0.3, -0.25) is 4.79 Å². The van der Waals surface area contributed by atoms with Crippen LogP contribution in [0, 0.1) is 5.92 Å². The van der Waals surface area contributed by atoms with E-state index in [1.807, 2.05) is 18.2 Å². The molecule has 2 aliphatic rings. The lowest BCUT2D eigenvalue weighted by atomic mass is 9.89. The average Bonchev–Trinajstić information content (AvgIpc) is 2.96. The number of benzene rings is 1. The summed E-state index contributed by atoms with van der Waals surface area (Å²) < 4.78 is 9.91. The molecule has 3 rings (SSSR count). The minimum Gasteiger partial charge on any atom is -0.482 e. The van der Waals surface area contributed by atoms with Crippen molar-refractivity contribution in [1.82, 2.24) is 10.6 Å². The number of fused-ring (bicyclic) bond motifs is 2. The standard InChI is InChI=1S/C19H26N2O4/c1-24-19(23)12-25-17-4-2-3-13(9-17)11-20-18(22)10-14-7-15-5-6-16(8-14)21-15/h2-4,9,14-16,21H,5-8,10-12H2,1H3,(H,20,22). The van der Waals surface area contributed by atoms with Crippen molar-refractivity contribution >= 4 is 11.9 Å². The maximum Gasteiger partial charge on any atom is 0.343 e. The van der Waals surface area contributed by atoms with Crippen LogP contribution in [0.2, 0.25) is 0 Å². The molecule has 0 spiro atoms. The Morgan fingerprint density at radius 2 is 2.00 bits per heavy atom. The number of carbonyl (C=O) groups excluding carboxylic acids is 2. The third kappa shape index (κ3) is 5.19. The van der Waals surface area contributed by atoms with E-state index in [-0.39, 0.29) is 12.5 Å². The first kappa shape index (κ1) is 17.7. The molecule has 2 saturated heterocycles. The molecule has 2 bridgehead atoms. The van der Waals surface area contributed by atoms with Crippen LogP contribution in [0.15, 0.2) is 24.3 Å². The molecule has 2 fully saturated rings. The smallest absolute Gasteiger partial charge is 0.343 e. The zero-order valence-corrected chi connectivity index (χ0v) is 14.6. The van der Waals surface area contributed by atoms with Crippen LogP contribution >= 0.6 is 0 Å². The summed E-state index contributed by atoms with van der Waals surface area (Å²) in [5.41, 5.74) is 0.945. The largest absolute Gasteiger partial charge is 0.482 e. The number of amides is 1. The minimum absolute atomic E-state index is 0.104. The highest BCUT2D eigenvalue weighted by Gasteiger charge is 2.34. The van der Waals surface area contributed by atoms with Crippen LogP contribution < -0.4 is 15.4 Å². The summed E-state index contributed by atoms with van der Waals surface area (Å²) in [5.74, 6) is 0.766. The Hall–Kier alpha value is -2.08. The summed E-state index contributed by atoms with van der Waals surface area (Å²) in [6, 6.07) is 8.60. The molecule has 0 aliphatic carbocycles. The zero-order valence-electron chi connectivity index (χ0n) is 14.6. The Balaban J connectivity index is 1.43. The molecular formula is C19H26N2O4. The summed E-state index contributed by atoms with van der Waals surface area (Å²) in [5, 5.41) is 6.60. The quantitative estimate of drug-likeness (QED) is 0.736. The molecule has 1 aromatic rings. The van der Waals surface area contributed by atoms with Crippen molar-refractivity contribution in [2.45, 2.75) is 50.7 Å². The van der Waals surface area contributed by atoms with E-state index in [9.17, 15) is 9.59 Å². The molecule has 1 aromatic carbocycles. The summed E-state index contributed by atoms with van der Waals surface area (Å²) in [6.07, 6.45) is 5.33. The van der Waals surface area contributed by atoms with E-state index >= 15 is 0 Å². The Kier molecular flexibility index (Phi) is 5.91. The van der Waals surface area contributed by atoms with Gasteiger partial charge in [-0.15, -0.1) is 0 Å². The lowest BCUT2D eigenvalue weighted by Crippen LogP contribution is -2.39. The molecule has 2 aliphatic heterocycles. The van der Waals surface area contributed by atoms with Gasteiger partial charge in [-0.05, 0) is 49.3 Å². The first-order chi connectivity index (χ1) is 12.1. The van der Waals surface area contributed by atoms with Gasteiger partial charge >= 0.3 is 5.97 Å². The van der Waals surface area contributed by atoms with Crippen LogP contribution in [0.1, 0.15) is 37.7 Å². The summed E-state index contributed by atoms with van der Waals surface area (Å²) in [4.78, 5) is 23.3. The van der Waals surface area contributed by atoms with Gasteiger partial charge in [-0.1, -0.05) is 12.1 Å². The Morgan fingerprint density at radius 3 is 2.72 bits per heavy atom. The number of carbonyl (C=O) groups is 2. The summed E-state index contributed by atoms with van der Waals surface area (Å²) >= 11 is 0. The molecule has 1 amide bonds. The molecule has 6 heteroatoms. The van der Waals surface area contributed by atoms with Crippen molar-refractivity contribution in [3.05, 3.63) is 29.8 Å². The molecule has 2 heterocycles. The van der Waals surface area contributed by atoms with E-state index in [1.165, 1.54) is 20.0 Å². The third-order valence-electron chi connectivity index (χ3n) is 5.02. The number of hydrogen-bond donors (Lipinski definition) is 2. The summed E-state index contributed by atoms with van der Waals surface area (Å²) in [7, 11) is 1.32. The van der Waals surface area contributed by atoms with Crippen molar-refractivity contribution in [1.29, 1.82) is 0 Å². The molecule has 2 atom stereocenters. The second kappa shape index (κ2) is 8.34. The maximum absolute atomic E-state index is 12.2. The third-order valence-corrected chi connectivity index (χ3v) is 5.02. The van der Waals surface area contributed by atoms with Crippen molar-refractivity contribution in [3.63, 3.8) is 0 Å². The number of methoxy groups -OCH3 is 1. The highest BCUT2D eigenvalue weighted by molar-refractivity contribution is 5.76. The number of ether oxygens (including phenoxy) is 2. The fourth-order valence-corrected chi connectivity index (χ4v) is 3.82. The number of piperidine rings is 1. The van der Waals surface area contributed by atoms with Gasteiger partial charge < -0.3 is 20.1 Å². The SMILES string of the molecule is COC(=O)COc1cccc(CNC(=O)CC2CC3CCC(C2)N3)c1. The van der Waals surface area contributed by atoms with Crippen molar-refractivity contribution in [2.24, 2.45) is 5.92 Å². The minimum atomic E-state index is -0.422. The fourth-order valence-electron chi connectivity index (χ4n) is 3.82. The van der Waals surface area contributed by atoms with E-state index < -0.39 is 5.97 Å². The normalized spacial score (nSPS) is 24.6. The van der Waals surface area contributed by atoms with Crippen LogP contribution in [-0.4, -0.2) is 37.7 Å². The highest BCUT2D eigenvalue weighted by Crippen LogP contribution is 2.32. The van der Waals surface area contributed by atoms with E-state index in [0.29, 0.717) is 36.7 Å². The lowest BCUT2D eigenvalue weighted by molar-refractivity contribution is -0.142. The number of esters is 1. The first-order valence-electron chi connectivity index (χ1n) is 8.93. The molecule has 0 saturated carbocycles. The van der Waals surface area contributed by atoms with E-state index in [0.717, 1.165) is 18.4 Å². The molecule has 25 heavy (non-hydrogen) atoms. The molecular weight excluding hydrogens is 320 g/mol. The molecule has 0 radical (unpaired) electrons. The van der Waals surface area contributed by atoms with Gasteiger partial charge in [-0.2, -0.15) is 0 Å². The Bertz CT molecular complexity index is 607. The van der Waals surface area contributed by atoms with Crippen LogP contribution in [0.25, 0.3) is 0 Å². The predicted octanol–water partition coefficient (Wildman–Crippen LogP) is 1.78. The number of hydrogen-bond acceptors (Lipinski definition) is 5. The van der Waals surface area contributed by atoms with Gasteiger partial charge in [0, 0.05) is 25.0 Å². The number of rotatable bonds is 7. The lowest BCUT2D eigenvalue weighted by Gasteiger charge is -2.28. The van der Waals surface area contributed by atoms with Gasteiger partial charge in [0.05, 0.1) is 7.11 Å². The molecule has 2 N–H and O–H groups in total. The van der Waals surface area contributed by atoms with E-state index in [2.05, 4.69) is 15.4 Å². The fraction of sp³-hybridized carbons (Fsp3) is 0.579. The van der Waals surface area contributed by atoms with Gasteiger partial charge in [0.2, 0.25) is 5.91 Å². The maximum atomic E-state index is 12.2. The van der Waals surface area contributed by atoms with Crippen molar-refractivity contribution < 1.29 is 19.1 Å². The van der Waals surface area contributed by atoms with Crippen molar-refractivity contribution in [2.75, 3.05) is 13.7 Å². The predicted molar refractivity (Wildman–Crippen MR) is 93.1 cm³/mol. The monoisotopic (exact) mass is 346 g/mol. The topological polar surface area (TPSA) is 76.7 Å². The van der Waals surface area contributed by atoms with Gasteiger partial charge in [0.25, 0.3) is 0 Å². The Morgan fingerprint density at radius 1 is 1.24 bits per heavy atom. The van der Waals surface area contributed by atoms with Gasteiger partial charge in [0.15, 0.2) is 6.61 Å². The molecule has 6 nitrogen and oxygen atoms in total. The second-order valence-electron chi connectivity index (χ2n) is 6.97. The average molecular weight is 346 g/mol. The first-order valence-corrected chi connectivity index (χ1v) is 8.93. The van der Waals surface area contributed by atoms with Crippen LogP contribution in [0.3, 0.4) is 0 Å². The number of nitrogens with one attached hydrogen (secondary N) is 2. The van der Waals surface area contributed by atoms with Gasteiger partial charge in [0.1, 0.15) is 5.75 Å². The van der Waals surface area contributed by atoms with Crippen LogP contribution in [0.4, 0.5) is 0 Å². The van der Waals surface area contributed by atoms with Crippen LogP contribution in [0.5, 0.6) is 5.75 Å².